The fourth-order valence-corrected chi connectivity index (χ4v) is 3.70. The van der Waals surface area contributed by atoms with Crippen LogP contribution in [0.1, 0.15) is 22.8 Å². The van der Waals surface area contributed by atoms with Gasteiger partial charge >= 0.3 is 0 Å². The van der Waals surface area contributed by atoms with Crippen molar-refractivity contribution in [2.75, 3.05) is 7.11 Å². The average Bonchev–Trinajstić information content (AvgIpc) is 2.40. The van der Waals surface area contributed by atoms with Gasteiger partial charge in [0.25, 0.3) is 0 Å². The Morgan fingerprint density at radius 3 is 2.65 bits per heavy atom. The van der Waals surface area contributed by atoms with Gasteiger partial charge in [-0.25, -0.2) is 0 Å². The highest BCUT2D eigenvalue weighted by atomic mass is 127. The average molecular weight is 468 g/mol. The van der Waals surface area contributed by atoms with Crippen molar-refractivity contribution >= 4 is 50.1 Å². The molecule has 2 rings (SSSR count). The van der Waals surface area contributed by atoms with Gasteiger partial charge in [-0.05, 0) is 68.7 Å². The molecule has 0 saturated heterocycles. The number of aliphatic hydroxyl groups excluding tert-OH is 1. The zero-order valence-electron chi connectivity index (χ0n) is 11.0. The van der Waals surface area contributed by atoms with Crippen LogP contribution in [0.5, 0.6) is 5.75 Å². The highest BCUT2D eigenvalue weighted by Crippen LogP contribution is 2.39. The van der Waals surface area contributed by atoms with E-state index in [9.17, 15) is 5.11 Å². The standard InChI is InChI=1S/C15H13BrClIO2/c1-8-4-3-5-10(13(8)18)14(19)11-6-9(17)7-12(16)15(11)20-2/h3-7,14,19H,1-2H3. The fourth-order valence-electron chi connectivity index (χ4n) is 2.05. The molecule has 0 aliphatic heterocycles. The Kier molecular flexibility index (Phi) is 5.34. The molecule has 106 valence electrons. The van der Waals surface area contributed by atoms with E-state index in [1.54, 1.807) is 19.2 Å². The maximum absolute atomic E-state index is 10.7. The maximum Gasteiger partial charge on any atom is 0.139 e. The Balaban J connectivity index is 2.58. The van der Waals surface area contributed by atoms with Crippen molar-refractivity contribution in [1.29, 1.82) is 0 Å². The first kappa shape index (κ1) is 16.1. The van der Waals surface area contributed by atoms with Crippen molar-refractivity contribution in [3.05, 3.63) is 60.1 Å². The largest absolute Gasteiger partial charge is 0.495 e. The molecule has 0 saturated carbocycles. The Morgan fingerprint density at radius 1 is 1.30 bits per heavy atom. The minimum absolute atomic E-state index is 0.550. The summed E-state index contributed by atoms with van der Waals surface area (Å²) in [5.74, 6) is 0.596. The molecule has 2 aromatic rings. The minimum Gasteiger partial charge on any atom is -0.495 e. The van der Waals surface area contributed by atoms with E-state index in [0.717, 1.165) is 19.2 Å². The van der Waals surface area contributed by atoms with Crippen molar-refractivity contribution in [2.24, 2.45) is 0 Å². The Labute approximate surface area is 145 Å². The van der Waals surface area contributed by atoms with E-state index in [2.05, 4.69) is 38.5 Å². The van der Waals surface area contributed by atoms with Gasteiger partial charge < -0.3 is 9.84 Å². The molecule has 1 N–H and O–H groups in total. The van der Waals surface area contributed by atoms with Gasteiger partial charge in [-0.15, -0.1) is 0 Å². The van der Waals surface area contributed by atoms with Gasteiger partial charge in [0.1, 0.15) is 11.9 Å². The summed E-state index contributed by atoms with van der Waals surface area (Å²) in [6.07, 6.45) is -0.785. The molecule has 0 aliphatic carbocycles. The number of hydrogen-bond donors (Lipinski definition) is 1. The smallest absolute Gasteiger partial charge is 0.139 e. The molecule has 5 heteroatoms. The first-order chi connectivity index (χ1) is 9.45. The van der Waals surface area contributed by atoms with Crippen molar-refractivity contribution in [1.82, 2.24) is 0 Å². The molecular formula is C15H13BrClIO2. The number of aliphatic hydroxyl groups is 1. The van der Waals surface area contributed by atoms with Crippen LogP contribution in [-0.2, 0) is 0 Å². The zero-order chi connectivity index (χ0) is 14.9. The number of benzene rings is 2. The highest BCUT2D eigenvalue weighted by Gasteiger charge is 2.21. The van der Waals surface area contributed by atoms with Crippen LogP contribution in [0.2, 0.25) is 5.02 Å². The first-order valence-corrected chi connectivity index (χ1v) is 8.16. The normalized spacial score (nSPS) is 12.3. The van der Waals surface area contributed by atoms with Crippen molar-refractivity contribution in [2.45, 2.75) is 13.0 Å². The Bertz CT molecular complexity index is 646. The second kappa shape index (κ2) is 6.64. The molecule has 0 amide bonds. The van der Waals surface area contributed by atoms with Crippen LogP contribution in [0, 0.1) is 10.5 Å². The lowest BCUT2D eigenvalue weighted by Gasteiger charge is -2.18. The van der Waals surface area contributed by atoms with Crippen LogP contribution >= 0.6 is 50.1 Å². The lowest BCUT2D eigenvalue weighted by atomic mass is 9.99. The van der Waals surface area contributed by atoms with Gasteiger partial charge in [0.2, 0.25) is 0 Å². The third-order valence-corrected chi connectivity index (χ3v) is 5.33. The molecule has 0 heterocycles. The summed E-state index contributed by atoms with van der Waals surface area (Å²) in [7, 11) is 1.57. The first-order valence-electron chi connectivity index (χ1n) is 5.91. The molecule has 20 heavy (non-hydrogen) atoms. The number of hydrogen-bond acceptors (Lipinski definition) is 2. The summed E-state index contributed by atoms with van der Waals surface area (Å²) in [4.78, 5) is 0. The summed E-state index contributed by atoms with van der Waals surface area (Å²) < 4.78 is 7.14. The summed E-state index contributed by atoms with van der Waals surface area (Å²) in [5.41, 5.74) is 2.62. The van der Waals surface area contributed by atoms with Gasteiger partial charge in [-0.1, -0.05) is 29.8 Å². The number of halogens is 3. The van der Waals surface area contributed by atoms with E-state index in [1.165, 1.54) is 0 Å². The quantitative estimate of drug-likeness (QED) is 0.636. The van der Waals surface area contributed by atoms with E-state index in [0.29, 0.717) is 16.3 Å². The summed E-state index contributed by atoms with van der Waals surface area (Å²) in [5, 5.41) is 11.2. The lowest BCUT2D eigenvalue weighted by Crippen LogP contribution is -2.05. The molecule has 0 spiro atoms. The topological polar surface area (TPSA) is 29.5 Å². The van der Waals surface area contributed by atoms with Gasteiger partial charge in [-0.2, -0.15) is 0 Å². The third-order valence-electron chi connectivity index (χ3n) is 3.05. The predicted molar refractivity (Wildman–Crippen MR) is 93.7 cm³/mol. The van der Waals surface area contributed by atoms with Gasteiger partial charge in [-0.3, -0.25) is 0 Å². The molecule has 0 radical (unpaired) electrons. The molecule has 1 unspecified atom stereocenters. The van der Waals surface area contributed by atoms with Crippen LogP contribution in [0.4, 0.5) is 0 Å². The minimum atomic E-state index is -0.785. The summed E-state index contributed by atoms with van der Waals surface area (Å²) in [6.45, 7) is 2.02. The van der Waals surface area contributed by atoms with Crippen LogP contribution in [0.3, 0.4) is 0 Å². The Morgan fingerprint density at radius 2 is 2.00 bits per heavy atom. The van der Waals surface area contributed by atoms with Gasteiger partial charge in [0.15, 0.2) is 0 Å². The molecule has 2 aromatic carbocycles. The van der Waals surface area contributed by atoms with Gasteiger partial charge in [0, 0.05) is 14.2 Å². The monoisotopic (exact) mass is 466 g/mol. The van der Waals surface area contributed by atoms with Crippen molar-refractivity contribution < 1.29 is 9.84 Å². The number of methoxy groups -OCH3 is 1. The van der Waals surface area contributed by atoms with E-state index in [-0.39, 0.29) is 0 Å². The summed E-state index contributed by atoms with van der Waals surface area (Å²) in [6, 6.07) is 9.34. The number of ether oxygens (including phenoxy) is 1. The Hall–Kier alpha value is -0.300. The molecule has 0 aliphatic rings. The van der Waals surface area contributed by atoms with Crippen molar-refractivity contribution in [3.8, 4) is 5.75 Å². The molecular weight excluding hydrogens is 454 g/mol. The van der Waals surface area contributed by atoms with E-state index in [1.807, 2.05) is 25.1 Å². The van der Waals surface area contributed by atoms with Gasteiger partial charge in [0.05, 0.1) is 11.6 Å². The molecule has 0 bridgehead atoms. The lowest BCUT2D eigenvalue weighted by molar-refractivity contribution is 0.213. The number of aryl methyl sites for hydroxylation is 1. The second-order valence-electron chi connectivity index (χ2n) is 4.39. The zero-order valence-corrected chi connectivity index (χ0v) is 15.5. The molecule has 2 nitrogen and oxygen atoms in total. The summed E-state index contributed by atoms with van der Waals surface area (Å²) >= 11 is 11.7. The third kappa shape index (κ3) is 3.13. The van der Waals surface area contributed by atoms with E-state index in [4.69, 9.17) is 16.3 Å². The SMILES string of the molecule is COc1c(Br)cc(Cl)cc1C(O)c1cccc(C)c1I. The van der Waals surface area contributed by atoms with Crippen molar-refractivity contribution in [3.63, 3.8) is 0 Å². The number of rotatable bonds is 3. The van der Waals surface area contributed by atoms with Crippen LogP contribution in [-0.4, -0.2) is 12.2 Å². The van der Waals surface area contributed by atoms with Crippen LogP contribution < -0.4 is 4.74 Å². The highest BCUT2D eigenvalue weighted by molar-refractivity contribution is 14.1. The molecule has 0 fully saturated rings. The van der Waals surface area contributed by atoms with Crippen LogP contribution in [0.25, 0.3) is 0 Å². The molecule has 1 atom stereocenters. The predicted octanol–water partition coefficient (Wildman–Crippen LogP) is 5.11. The molecule has 0 aromatic heterocycles. The fraction of sp³-hybridized carbons (Fsp3) is 0.200. The van der Waals surface area contributed by atoms with E-state index >= 15 is 0 Å². The van der Waals surface area contributed by atoms with Crippen LogP contribution in [0.15, 0.2) is 34.8 Å². The second-order valence-corrected chi connectivity index (χ2v) is 6.76. The maximum atomic E-state index is 10.7. The van der Waals surface area contributed by atoms with E-state index < -0.39 is 6.10 Å².